The van der Waals surface area contributed by atoms with Gasteiger partial charge in [0.05, 0.1) is 0 Å². The van der Waals surface area contributed by atoms with Gasteiger partial charge < -0.3 is 0 Å². The number of ether oxygens (including phenoxy) is 1. The number of alkyl carbamates (subject to hydrolysis) is 1. The van der Waals surface area contributed by atoms with Gasteiger partial charge in [0, 0.05) is 0 Å². The molecule has 2 saturated heterocycles. The Labute approximate surface area is 230 Å². The van der Waals surface area contributed by atoms with Gasteiger partial charge in [-0.3, -0.25) is 0 Å². The van der Waals surface area contributed by atoms with Gasteiger partial charge in [-0.25, -0.2) is 0 Å². The van der Waals surface area contributed by atoms with Gasteiger partial charge in [-0.2, -0.15) is 0 Å². The van der Waals surface area contributed by atoms with E-state index in [0.717, 1.165) is 4.31 Å². The predicted octanol–water partition coefficient (Wildman–Crippen LogP) is 2.12. The van der Waals surface area contributed by atoms with Gasteiger partial charge in [0.1, 0.15) is 5.60 Å². The molecule has 0 bridgehead atoms. The first-order valence-electron chi connectivity index (χ1n) is 12.7. The monoisotopic (exact) mass is 571 g/mol. The Kier molecular flexibility index (Phi) is 10.6. The van der Waals surface area contributed by atoms with Crippen LogP contribution in [0.2, 0.25) is 6.32 Å². The Morgan fingerprint density at radius 1 is 1.23 bits per heavy atom. The molecule has 0 unspecified atom stereocenters. The predicted molar refractivity (Wildman–Crippen MR) is 143 cm³/mol. The third kappa shape index (κ3) is 8.38. The van der Waals surface area contributed by atoms with Crippen molar-refractivity contribution in [2.75, 3.05) is 26.2 Å². The second-order valence-electron chi connectivity index (χ2n) is 11.6. The number of rotatable bonds is 12. The first kappa shape index (κ1) is 33.0. The van der Waals surface area contributed by atoms with Crippen LogP contribution in [0.4, 0.5) is 4.79 Å². The van der Waals surface area contributed by atoms with Crippen LogP contribution in [-0.2, 0) is 33.7 Å². The van der Waals surface area contributed by atoms with Gasteiger partial charge in [-0.15, -0.1) is 0 Å². The van der Waals surface area contributed by atoms with E-state index in [9.17, 15) is 23.5 Å². The molecule has 18 heteroatoms. The first-order valence-corrected chi connectivity index (χ1v) is 14.2. The molecule has 1 amide bonds. The van der Waals surface area contributed by atoms with E-state index >= 15 is 0 Å². The van der Waals surface area contributed by atoms with Crippen LogP contribution in [-0.4, -0.2) is 87.7 Å². The number of carbonyl (C=O) groups excluding carboxylic acids is 2. The summed E-state index contributed by atoms with van der Waals surface area (Å²) in [6, 6.07) is 0. The summed E-state index contributed by atoms with van der Waals surface area (Å²) in [5, 5.41) is 13.3. The average Bonchev–Trinajstić information content (AvgIpc) is 3.25. The van der Waals surface area contributed by atoms with Crippen molar-refractivity contribution >= 4 is 36.7 Å². The molecule has 2 fully saturated rings. The van der Waals surface area contributed by atoms with Crippen LogP contribution in [0.5, 0.6) is 0 Å². The van der Waals surface area contributed by atoms with E-state index in [1.165, 1.54) is 0 Å². The van der Waals surface area contributed by atoms with E-state index in [-0.39, 0.29) is 19.6 Å². The fourth-order valence-corrected chi connectivity index (χ4v) is 5.64. The summed E-state index contributed by atoms with van der Waals surface area (Å²) in [6.45, 7) is 12.0. The summed E-state index contributed by atoms with van der Waals surface area (Å²) in [7, 11) is -4.22. The number of carbonyl (C=O) groups is 2. The van der Waals surface area contributed by atoms with Crippen LogP contribution < -0.4 is 10.0 Å². The van der Waals surface area contributed by atoms with Crippen LogP contribution in [0, 0.1) is 11.2 Å². The molecule has 3 N–H and O–H groups in total. The number of nitrogens with zero attached hydrogens (tertiary/aromatic N) is 4. The minimum atomic E-state index is -4.14. The number of azide groups is 1. The molecule has 0 aromatic heterocycles. The molecule has 0 aliphatic carbocycles. The molecular formula is C21H39B2N7O8S. The standard InChI is InChI=1S/C21H39B2N7O8S/c1-18(2,3)35-17(32)26-11-12-27-39(33,34)30-13-15(21(14-30,28-29-25)16(31)36-22-24)9-8-10-23-37-19(4,5)20(6,7)38-23/h15,24,27H,8-14H2,1-7H3,(H,26,32)/t15-,21-/m0/s1. The molecule has 15 nitrogen and oxygen atoms in total. The summed E-state index contributed by atoms with van der Waals surface area (Å²) in [5.41, 5.74) is 5.66. The van der Waals surface area contributed by atoms with Crippen LogP contribution in [0.25, 0.3) is 10.4 Å². The molecule has 0 aromatic rings. The van der Waals surface area contributed by atoms with Crippen molar-refractivity contribution in [1.29, 1.82) is 5.31 Å². The molecule has 39 heavy (non-hydrogen) atoms. The number of nitrogens with one attached hydrogen (secondary N) is 3. The SMILES string of the molecule is CC(C)(C)OC(=O)NCCNS(=O)(=O)N1C[C@H](CCCB2OC(C)(C)C(C)(C)O2)[C@](N=[N+]=[N-])(C(=O)OB=N)C1. The minimum absolute atomic E-state index is 0.0448. The molecule has 0 radical (unpaired) electrons. The maximum atomic E-state index is 13.0. The van der Waals surface area contributed by atoms with E-state index in [4.69, 9.17) is 24.0 Å². The second-order valence-corrected chi connectivity index (χ2v) is 13.3. The Balaban J connectivity index is 2.10. The molecule has 2 aliphatic heterocycles. The topological polar surface area (TPSA) is 205 Å². The fraction of sp³-hybridized carbons (Fsp3) is 0.905. The van der Waals surface area contributed by atoms with Gasteiger partial charge >= 0.3 is 204 Å². The summed E-state index contributed by atoms with van der Waals surface area (Å²) >= 11 is 0. The normalized spacial score (nSPS) is 24.5. The van der Waals surface area contributed by atoms with Crippen molar-refractivity contribution in [2.24, 2.45) is 11.0 Å². The average molecular weight is 571 g/mol. The van der Waals surface area contributed by atoms with Crippen LogP contribution in [0.3, 0.4) is 0 Å². The molecule has 0 spiro atoms. The van der Waals surface area contributed by atoms with Crippen LogP contribution in [0.1, 0.15) is 61.3 Å². The molecule has 2 atom stereocenters. The van der Waals surface area contributed by atoms with Crippen LogP contribution >= 0.6 is 0 Å². The summed E-state index contributed by atoms with van der Waals surface area (Å²) in [5.74, 6) is -1.75. The molecule has 2 rings (SSSR count). The third-order valence-corrected chi connectivity index (χ3v) is 8.50. The van der Waals surface area contributed by atoms with Gasteiger partial charge in [-0.1, -0.05) is 0 Å². The molecule has 2 heterocycles. The molecule has 0 saturated carbocycles. The Morgan fingerprint density at radius 2 is 1.85 bits per heavy atom. The molecular weight excluding hydrogens is 532 g/mol. The van der Waals surface area contributed by atoms with Crippen molar-refractivity contribution in [1.82, 2.24) is 14.3 Å². The van der Waals surface area contributed by atoms with E-state index < -0.39 is 64.2 Å². The van der Waals surface area contributed by atoms with E-state index in [1.54, 1.807) is 20.8 Å². The van der Waals surface area contributed by atoms with Crippen molar-refractivity contribution in [2.45, 2.75) is 90.0 Å². The summed E-state index contributed by atoms with van der Waals surface area (Å²) in [6.07, 6.45) is 0.545. The Hall–Kier alpha value is -2.23. The Bertz CT molecular complexity index is 1060. The zero-order valence-corrected chi connectivity index (χ0v) is 24.5. The van der Waals surface area contributed by atoms with Crippen LogP contribution in [0.15, 0.2) is 5.11 Å². The fourth-order valence-electron chi connectivity index (χ4n) is 4.36. The van der Waals surface area contributed by atoms with Gasteiger partial charge in [0.2, 0.25) is 0 Å². The van der Waals surface area contributed by atoms with E-state index in [0.29, 0.717) is 26.4 Å². The van der Waals surface area contributed by atoms with Crippen molar-refractivity contribution in [3.05, 3.63) is 10.4 Å². The van der Waals surface area contributed by atoms with Gasteiger partial charge in [-0.05, 0) is 20.8 Å². The van der Waals surface area contributed by atoms with E-state index in [2.05, 4.69) is 20.1 Å². The van der Waals surface area contributed by atoms with Crippen molar-refractivity contribution < 1.29 is 36.7 Å². The third-order valence-electron chi connectivity index (χ3n) is 6.97. The quantitative estimate of drug-likeness (QED) is 0.104. The van der Waals surface area contributed by atoms with Gasteiger partial charge in [0.25, 0.3) is 0 Å². The zero-order valence-electron chi connectivity index (χ0n) is 23.6. The number of amides is 1. The van der Waals surface area contributed by atoms with Crippen molar-refractivity contribution in [3.63, 3.8) is 0 Å². The number of hydrogen-bond donors (Lipinski definition) is 3. The van der Waals surface area contributed by atoms with E-state index in [1.807, 2.05) is 27.7 Å². The maximum absolute atomic E-state index is 13.0. The van der Waals surface area contributed by atoms with Crippen molar-refractivity contribution in [3.8, 4) is 0 Å². The summed E-state index contributed by atoms with van der Waals surface area (Å²) in [4.78, 5) is 27.5. The molecule has 2 aliphatic rings. The zero-order chi connectivity index (χ0) is 29.7. The second kappa shape index (κ2) is 12.5. The first-order chi connectivity index (χ1) is 17.9. The Morgan fingerprint density at radius 3 is 2.38 bits per heavy atom. The molecule has 218 valence electrons. The van der Waals surface area contributed by atoms with Gasteiger partial charge in [0.15, 0.2) is 0 Å². The summed E-state index contributed by atoms with van der Waals surface area (Å²) < 4.78 is 51.3. The number of hydrogen-bond acceptors (Lipinski definition) is 10. The molecule has 0 aromatic carbocycles.